The van der Waals surface area contributed by atoms with Gasteiger partial charge < -0.3 is 24.2 Å². The summed E-state index contributed by atoms with van der Waals surface area (Å²) in [6, 6.07) is 3.14. The van der Waals surface area contributed by atoms with Crippen molar-refractivity contribution in [3.8, 4) is 5.75 Å². The minimum Gasteiger partial charge on any atom is -0.485 e. The topological polar surface area (TPSA) is 92.5 Å². The summed E-state index contributed by atoms with van der Waals surface area (Å²) in [7, 11) is 1.80. The third-order valence-electron chi connectivity index (χ3n) is 4.99. The molecule has 2 N–H and O–H groups in total. The molecular formula is C19H19F2N3O4. The number of amides is 1. The summed E-state index contributed by atoms with van der Waals surface area (Å²) in [4.78, 5) is 16.2. The first-order valence-electron chi connectivity index (χ1n) is 8.70. The number of fused-ring (bicyclic) bond motifs is 1. The maximum absolute atomic E-state index is 14.6. The van der Waals surface area contributed by atoms with Gasteiger partial charge in [0, 0.05) is 30.4 Å². The molecule has 1 atom stereocenters. The summed E-state index contributed by atoms with van der Waals surface area (Å²) in [6.07, 6.45) is 3.37. The smallest absolute Gasteiger partial charge is 0.280 e. The van der Waals surface area contributed by atoms with Crippen LogP contribution >= 0.6 is 0 Å². The summed E-state index contributed by atoms with van der Waals surface area (Å²) in [5.74, 6) is -4.04. The second kappa shape index (κ2) is 6.59. The van der Waals surface area contributed by atoms with E-state index in [1.165, 1.54) is 0 Å². The highest BCUT2D eigenvalue weighted by Gasteiger charge is 2.48. The zero-order chi connectivity index (χ0) is 20.1. The Morgan fingerprint density at radius 1 is 1.46 bits per heavy atom. The molecule has 9 heteroatoms. The van der Waals surface area contributed by atoms with Crippen LogP contribution in [-0.4, -0.2) is 34.6 Å². The number of ether oxygens (including phenoxy) is 2. The quantitative estimate of drug-likeness (QED) is 0.722. The summed E-state index contributed by atoms with van der Waals surface area (Å²) in [5.41, 5.74) is 6.05. The van der Waals surface area contributed by atoms with Crippen molar-refractivity contribution in [1.82, 2.24) is 9.55 Å². The standard InChI is InChI=1S/C19H19F2N3O4/c1-10-15(18(22)25)17-13(28-10)4-3-12(27-8-14-23-5-6-24(14)2)16(17)11-7-26-9-19(11,20)21/h3-6,11H,7-9H2,1-2H3,(H2,22,25). The maximum atomic E-state index is 14.6. The second-order valence-corrected chi connectivity index (χ2v) is 6.82. The maximum Gasteiger partial charge on any atom is 0.280 e. The molecule has 1 amide bonds. The van der Waals surface area contributed by atoms with Gasteiger partial charge in [-0.3, -0.25) is 4.79 Å². The number of aryl methyl sites for hydroxylation is 2. The molecule has 148 valence electrons. The predicted octanol–water partition coefficient (Wildman–Crippen LogP) is 2.90. The summed E-state index contributed by atoms with van der Waals surface area (Å²) >= 11 is 0. The van der Waals surface area contributed by atoms with E-state index in [0.717, 1.165) is 0 Å². The van der Waals surface area contributed by atoms with Crippen LogP contribution in [0.15, 0.2) is 28.9 Å². The number of furan rings is 1. The molecule has 3 heterocycles. The molecule has 0 aliphatic carbocycles. The Morgan fingerprint density at radius 3 is 2.86 bits per heavy atom. The molecule has 2 aromatic heterocycles. The van der Waals surface area contributed by atoms with Gasteiger partial charge in [-0.15, -0.1) is 0 Å². The van der Waals surface area contributed by atoms with E-state index in [1.807, 2.05) is 0 Å². The minimum absolute atomic E-state index is 0.0733. The molecule has 1 unspecified atom stereocenters. The molecule has 0 bridgehead atoms. The van der Waals surface area contributed by atoms with Crippen molar-refractivity contribution in [2.24, 2.45) is 12.8 Å². The van der Waals surface area contributed by atoms with Crippen LogP contribution in [-0.2, 0) is 18.4 Å². The fourth-order valence-corrected chi connectivity index (χ4v) is 3.59. The normalized spacial score (nSPS) is 18.6. The van der Waals surface area contributed by atoms with Crippen molar-refractivity contribution in [2.75, 3.05) is 13.2 Å². The molecule has 1 aliphatic rings. The number of nitrogens with two attached hydrogens (primary N) is 1. The Bertz CT molecular complexity index is 1060. The fraction of sp³-hybridized carbons (Fsp3) is 0.368. The number of carbonyl (C=O) groups is 1. The average Bonchev–Trinajstić information content (AvgIpc) is 3.28. The summed E-state index contributed by atoms with van der Waals surface area (Å²) in [6.45, 7) is 0.744. The Morgan fingerprint density at radius 2 is 2.25 bits per heavy atom. The Balaban J connectivity index is 1.89. The van der Waals surface area contributed by atoms with Crippen molar-refractivity contribution in [3.63, 3.8) is 0 Å². The van der Waals surface area contributed by atoms with Crippen LogP contribution in [0, 0.1) is 6.92 Å². The Kier molecular flexibility index (Phi) is 4.34. The van der Waals surface area contributed by atoms with E-state index in [4.69, 9.17) is 19.6 Å². The largest absolute Gasteiger partial charge is 0.485 e. The molecular weight excluding hydrogens is 372 g/mol. The summed E-state index contributed by atoms with van der Waals surface area (Å²) < 4.78 is 47.4. The van der Waals surface area contributed by atoms with Gasteiger partial charge in [-0.2, -0.15) is 0 Å². The van der Waals surface area contributed by atoms with Gasteiger partial charge in [0.05, 0.1) is 18.1 Å². The highest BCUT2D eigenvalue weighted by molar-refractivity contribution is 6.08. The van der Waals surface area contributed by atoms with Gasteiger partial charge in [-0.25, -0.2) is 13.8 Å². The molecule has 1 aromatic carbocycles. The minimum atomic E-state index is -3.12. The first-order valence-corrected chi connectivity index (χ1v) is 8.70. The lowest BCUT2D eigenvalue weighted by Gasteiger charge is -2.21. The molecule has 0 spiro atoms. The second-order valence-electron chi connectivity index (χ2n) is 6.82. The monoisotopic (exact) mass is 391 g/mol. The van der Waals surface area contributed by atoms with E-state index in [0.29, 0.717) is 11.4 Å². The van der Waals surface area contributed by atoms with Crippen molar-refractivity contribution in [3.05, 3.63) is 47.2 Å². The number of nitrogens with zero attached hydrogens (tertiary/aromatic N) is 2. The van der Waals surface area contributed by atoms with Crippen LogP contribution in [0.2, 0.25) is 0 Å². The zero-order valence-corrected chi connectivity index (χ0v) is 15.4. The molecule has 1 fully saturated rings. The lowest BCUT2D eigenvalue weighted by atomic mass is 9.89. The van der Waals surface area contributed by atoms with E-state index in [-0.39, 0.29) is 41.2 Å². The van der Waals surface area contributed by atoms with Gasteiger partial charge in [-0.05, 0) is 19.1 Å². The van der Waals surface area contributed by atoms with Gasteiger partial charge >= 0.3 is 0 Å². The third kappa shape index (κ3) is 2.91. The number of aromatic nitrogens is 2. The first-order chi connectivity index (χ1) is 13.3. The molecule has 4 rings (SSSR count). The van der Waals surface area contributed by atoms with E-state index in [1.54, 1.807) is 43.1 Å². The highest BCUT2D eigenvalue weighted by atomic mass is 19.3. The predicted molar refractivity (Wildman–Crippen MR) is 95.5 cm³/mol. The Hall–Kier alpha value is -2.94. The third-order valence-corrected chi connectivity index (χ3v) is 4.99. The highest BCUT2D eigenvalue weighted by Crippen LogP contribution is 2.47. The number of hydrogen-bond donors (Lipinski definition) is 1. The van der Waals surface area contributed by atoms with Crippen LogP contribution in [0.3, 0.4) is 0 Å². The number of benzene rings is 1. The van der Waals surface area contributed by atoms with Crippen LogP contribution in [0.4, 0.5) is 8.78 Å². The number of hydrogen-bond acceptors (Lipinski definition) is 5. The SMILES string of the molecule is Cc1oc2ccc(OCc3nccn3C)c(C3COCC3(F)F)c2c1C(N)=O. The van der Waals surface area contributed by atoms with Gasteiger partial charge in [0.2, 0.25) is 0 Å². The number of imidazole rings is 1. The summed E-state index contributed by atoms with van der Waals surface area (Å²) in [5, 5.41) is 0.248. The first kappa shape index (κ1) is 18.4. The lowest BCUT2D eigenvalue weighted by Crippen LogP contribution is -2.25. The number of carbonyl (C=O) groups excluding carboxylic acids is 1. The average molecular weight is 391 g/mol. The van der Waals surface area contributed by atoms with Crippen LogP contribution in [0.5, 0.6) is 5.75 Å². The molecule has 1 aliphatic heterocycles. The molecule has 1 saturated heterocycles. The van der Waals surface area contributed by atoms with Gasteiger partial charge in [0.1, 0.15) is 36.1 Å². The number of rotatable bonds is 5. The Labute approximate surface area is 159 Å². The van der Waals surface area contributed by atoms with Gasteiger partial charge in [0.15, 0.2) is 0 Å². The molecule has 0 radical (unpaired) electrons. The van der Waals surface area contributed by atoms with E-state index >= 15 is 0 Å². The molecule has 3 aromatic rings. The zero-order valence-electron chi connectivity index (χ0n) is 15.4. The number of primary amides is 1. The van der Waals surface area contributed by atoms with Crippen LogP contribution < -0.4 is 10.5 Å². The van der Waals surface area contributed by atoms with Crippen molar-refractivity contribution in [2.45, 2.75) is 25.4 Å². The van der Waals surface area contributed by atoms with Gasteiger partial charge in [0.25, 0.3) is 11.8 Å². The van der Waals surface area contributed by atoms with E-state index in [9.17, 15) is 13.6 Å². The van der Waals surface area contributed by atoms with Crippen LogP contribution in [0.1, 0.15) is 33.4 Å². The number of alkyl halides is 2. The van der Waals surface area contributed by atoms with E-state index < -0.39 is 24.4 Å². The molecule has 7 nitrogen and oxygen atoms in total. The molecule has 0 saturated carbocycles. The van der Waals surface area contributed by atoms with Crippen molar-refractivity contribution >= 4 is 16.9 Å². The number of halogens is 2. The lowest BCUT2D eigenvalue weighted by molar-refractivity contribution is -0.0184. The fourth-order valence-electron chi connectivity index (χ4n) is 3.59. The van der Waals surface area contributed by atoms with Crippen molar-refractivity contribution in [1.29, 1.82) is 0 Å². The van der Waals surface area contributed by atoms with E-state index in [2.05, 4.69) is 4.98 Å². The molecule has 28 heavy (non-hydrogen) atoms. The van der Waals surface area contributed by atoms with Crippen molar-refractivity contribution < 1.29 is 27.5 Å². The van der Waals surface area contributed by atoms with Gasteiger partial charge in [-0.1, -0.05) is 0 Å². The van der Waals surface area contributed by atoms with Crippen LogP contribution in [0.25, 0.3) is 11.0 Å².